The zero-order valence-corrected chi connectivity index (χ0v) is 13.5. The summed E-state index contributed by atoms with van der Waals surface area (Å²) in [5.74, 6) is 0.414. The Hall–Kier alpha value is -1.26. The van der Waals surface area contributed by atoms with Crippen LogP contribution < -0.4 is 5.32 Å². The molecule has 21 heavy (non-hydrogen) atoms. The predicted octanol–water partition coefficient (Wildman–Crippen LogP) is 4.50. The first kappa shape index (κ1) is 14.7. The van der Waals surface area contributed by atoms with Crippen molar-refractivity contribution in [1.82, 2.24) is 10.3 Å². The molecule has 4 heteroatoms. The summed E-state index contributed by atoms with van der Waals surface area (Å²) in [6, 6.07) is 7.85. The molecule has 1 aromatic heterocycles. The van der Waals surface area contributed by atoms with Gasteiger partial charge in [0, 0.05) is 17.0 Å². The minimum absolute atomic E-state index is 0.155. The largest absolute Gasteiger partial charge is 0.307 e. The first-order valence-electron chi connectivity index (χ1n) is 7.48. The van der Waals surface area contributed by atoms with Gasteiger partial charge in [-0.2, -0.15) is 0 Å². The summed E-state index contributed by atoms with van der Waals surface area (Å²) in [4.78, 5) is 5.84. The van der Waals surface area contributed by atoms with E-state index < -0.39 is 0 Å². The van der Waals surface area contributed by atoms with Crippen molar-refractivity contribution in [3.63, 3.8) is 0 Å². The number of halogens is 1. The topological polar surface area (TPSA) is 24.9 Å². The van der Waals surface area contributed by atoms with Gasteiger partial charge in [0.05, 0.1) is 10.7 Å². The van der Waals surface area contributed by atoms with E-state index in [4.69, 9.17) is 0 Å². The van der Waals surface area contributed by atoms with Crippen molar-refractivity contribution in [3.05, 3.63) is 51.2 Å². The Kier molecular flexibility index (Phi) is 4.09. The van der Waals surface area contributed by atoms with Crippen molar-refractivity contribution in [1.29, 1.82) is 0 Å². The highest BCUT2D eigenvalue weighted by atomic mass is 32.1. The van der Waals surface area contributed by atoms with Gasteiger partial charge in [-0.25, -0.2) is 9.37 Å². The van der Waals surface area contributed by atoms with E-state index in [-0.39, 0.29) is 5.82 Å². The molecule has 0 aliphatic heterocycles. The van der Waals surface area contributed by atoms with Crippen LogP contribution in [-0.2, 0) is 0 Å². The Morgan fingerprint density at radius 3 is 2.48 bits per heavy atom. The van der Waals surface area contributed by atoms with Crippen LogP contribution in [0, 0.1) is 19.7 Å². The monoisotopic (exact) mass is 304 g/mol. The molecule has 1 N–H and O–H groups in total. The van der Waals surface area contributed by atoms with E-state index in [2.05, 4.69) is 31.1 Å². The van der Waals surface area contributed by atoms with Crippen molar-refractivity contribution >= 4 is 11.3 Å². The Labute approximate surface area is 129 Å². The molecule has 0 saturated heterocycles. The van der Waals surface area contributed by atoms with Crippen LogP contribution in [-0.4, -0.2) is 11.0 Å². The van der Waals surface area contributed by atoms with Gasteiger partial charge in [0.25, 0.3) is 0 Å². The first-order chi connectivity index (χ1) is 10.0. The van der Waals surface area contributed by atoms with E-state index in [0.29, 0.717) is 18.0 Å². The van der Waals surface area contributed by atoms with Gasteiger partial charge in [-0.15, -0.1) is 11.3 Å². The number of thiazole rings is 1. The molecule has 0 spiro atoms. The highest BCUT2D eigenvalue weighted by Crippen LogP contribution is 2.38. The molecule has 1 fully saturated rings. The second kappa shape index (κ2) is 5.85. The molecule has 3 rings (SSSR count). The molecule has 0 amide bonds. The maximum Gasteiger partial charge on any atom is 0.123 e. The van der Waals surface area contributed by atoms with Gasteiger partial charge in [-0.05, 0) is 57.2 Å². The number of hydrogen-bond donors (Lipinski definition) is 1. The molecule has 1 aliphatic rings. The minimum Gasteiger partial charge on any atom is -0.307 e. The fourth-order valence-corrected chi connectivity index (χ4v) is 4.08. The lowest BCUT2D eigenvalue weighted by atomic mass is 9.75. The van der Waals surface area contributed by atoms with Crippen LogP contribution in [0.3, 0.4) is 0 Å². The summed E-state index contributed by atoms with van der Waals surface area (Å²) in [6.07, 6.45) is 2.26. The molecule has 0 bridgehead atoms. The zero-order chi connectivity index (χ0) is 15.0. The fraction of sp³-hybridized carbons (Fsp3) is 0.471. The lowest BCUT2D eigenvalue weighted by Gasteiger charge is -2.38. The summed E-state index contributed by atoms with van der Waals surface area (Å²) in [5.41, 5.74) is 2.40. The third-order valence-electron chi connectivity index (χ3n) is 4.30. The van der Waals surface area contributed by atoms with Crippen LogP contribution in [0.25, 0.3) is 0 Å². The van der Waals surface area contributed by atoms with E-state index in [0.717, 1.165) is 23.5 Å². The average Bonchev–Trinajstić information content (AvgIpc) is 2.74. The molecule has 1 aromatic carbocycles. The Balaban J connectivity index is 1.55. The van der Waals surface area contributed by atoms with Crippen LogP contribution >= 0.6 is 11.3 Å². The first-order valence-corrected chi connectivity index (χ1v) is 8.30. The van der Waals surface area contributed by atoms with Crippen LogP contribution in [0.2, 0.25) is 0 Å². The van der Waals surface area contributed by atoms with Crippen LogP contribution in [0.15, 0.2) is 24.3 Å². The molecule has 2 aromatic rings. The molecular formula is C17H21FN2S. The van der Waals surface area contributed by atoms with E-state index in [1.165, 1.54) is 10.4 Å². The van der Waals surface area contributed by atoms with Gasteiger partial charge in [-0.3, -0.25) is 0 Å². The van der Waals surface area contributed by atoms with Crippen molar-refractivity contribution < 1.29 is 4.39 Å². The number of nitrogens with one attached hydrogen (secondary N) is 1. The molecule has 1 unspecified atom stereocenters. The summed E-state index contributed by atoms with van der Waals surface area (Å²) in [5, 5.41) is 4.83. The maximum atomic E-state index is 12.9. The Bertz CT molecular complexity index is 614. The SMILES string of the molecule is Cc1nc(C)c(C(C)NC2CC(c3ccc(F)cc3)C2)s1. The summed E-state index contributed by atoms with van der Waals surface area (Å²) in [6.45, 7) is 6.35. The summed E-state index contributed by atoms with van der Waals surface area (Å²) >= 11 is 1.78. The molecule has 0 radical (unpaired) electrons. The number of nitrogens with zero attached hydrogens (tertiary/aromatic N) is 1. The second-order valence-electron chi connectivity index (χ2n) is 5.99. The predicted molar refractivity (Wildman–Crippen MR) is 85.3 cm³/mol. The van der Waals surface area contributed by atoms with E-state index in [9.17, 15) is 4.39 Å². The lowest BCUT2D eigenvalue weighted by molar-refractivity contribution is 0.271. The molecule has 1 heterocycles. The summed E-state index contributed by atoms with van der Waals surface area (Å²) < 4.78 is 12.9. The van der Waals surface area contributed by atoms with Gasteiger partial charge >= 0.3 is 0 Å². The van der Waals surface area contributed by atoms with Gasteiger partial charge in [-0.1, -0.05) is 12.1 Å². The van der Waals surface area contributed by atoms with Gasteiger partial charge in [0.2, 0.25) is 0 Å². The average molecular weight is 304 g/mol. The summed E-state index contributed by atoms with van der Waals surface area (Å²) in [7, 11) is 0. The molecule has 112 valence electrons. The molecular weight excluding hydrogens is 283 g/mol. The van der Waals surface area contributed by atoms with Gasteiger partial charge in [0.15, 0.2) is 0 Å². The number of aryl methyl sites for hydroxylation is 2. The lowest BCUT2D eigenvalue weighted by Crippen LogP contribution is -2.41. The van der Waals surface area contributed by atoms with Crippen molar-refractivity contribution in [3.8, 4) is 0 Å². The highest BCUT2D eigenvalue weighted by Gasteiger charge is 2.31. The van der Waals surface area contributed by atoms with E-state index >= 15 is 0 Å². The molecule has 2 nitrogen and oxygen atoms in total. The molecule has 1 saturated carbocycles. The van der Waals surface area contributed by atoms with Crippen molar-refractivity contribution in [2.24, 2.45) is 0 Å². The third kappa shape index (κ3) is 3.16. The second-order valence-corrected chi connectivity index (χ2v) is 7.22. The number of aromatic nitrogens is 1. The van der Waals surface area contributed by atoms with Crippen molar-refractivity contribution in [2.75, 3.05) is 0 Å². The Morgan fingerprint density at radius 2 is 1.90 bits per heavy atom. The normalized spacial score (nSPS) is 22.9. The third-order valence-corrected chi connectivity index (χ3v) is 5.55. The van der Waals surface area contributed by atoms with Gasteiger partial charge < -0.3 is 5.32 Å². The highest BCUT2D eigenvalue weighted by molar-refractivity contribution is 7.11. The van der Waals surface area contributed by atoms with Crippen LogP contribution in [0.1, 0.15) is 52.9 Å². The number of benzene rings is 1. The van der Waals surface area contributed by atoms with E-state index in [1.807, 2.05) is 12.1 Å². The molecule has 1 atom stereocenters. The quantitative estimate of drug-likeness (QED) is 0.900. The van der Waals surface area contributed by atoms with E-state index in [1.54, 1.807) is 23.5 Å². The smallest absolute Gasteiger partial charge is 0.123 e. The Morgan fingerprint density at radius 1 is 1.24 bits per heavy atom. The zero-order valence-electron chi connectivity index (χ0n) is 12.7. The fourth-order valence-electron chi connectivity index (χ4n) is 3.14. The van der Waals surface area contributed by atoms with Crippen LogP contribution in [0.5, 0.6) is 0 Å². The number of hydrogen-bond acceptors (Lipinski definition) is 3. The number of rotatable bonds is 4. The van der Waals surface area contributed by atoms with Crippen molar-refractivity contribution in [2.45, 2.75) is 51.6 Å². The molecule has 1 aliphatic carbocycles. The van der Waals surface area contributed by atoms with Gasteiger partial charge in [0.1, 0.15) is 5.82 Å². The maximum absolute atomic E-state index is 12.9. The van der Waals surface area contributed by atoms with Crippen LogP contribution in [0.4, 0.5) is 4.39 Å². The minimum atomic E-state index is -0.155. The standard InChI is InChI=1S/C17H21FN2S/c1-10-17(21-12(3)19-10)11(2)20-16-8-14(9-16)13-4-6-15(18)7-5-13/h4-7,11,14,16,20H,8-9H2,1-3H3.